The standard InChI is InChI=1S/C20H27N3O2/c24-20(25-17-18-10-4-3-5-11-18)23-15-8-2-1-7-13-21-16-19-12-6-9-14-22-19/h3-6,9-12,14,21H,1-2,7-8,13,15-17H2,(H,23,24). The van der Waals surface area contributed by atoms with Crippen molar-refractivity contribution in [1.82, 2.24) is 15.6 Å². The smallest absolute Gasteiger partial charge is 0.407 e. The van der Waals surface area contributed by atoms with Crippen LogP contribution in [0, 0.1) is 0 Å². The van der Waals surface area contributed by atoms with Gasteiger partial charge in [0, 0.05) is 19.3 Å². The molecule has 0 saturated carbocycles. The predicted octanol–water partition coefficient (Wildman–Crippen LogP) is 3.66. The van der Waals surface area contributed by atoms with Crippen LogP contribution in [0.15, 0.2) is 54.7 Å². The van der Waals surface area contributed by atoms with Crippen molar-refractivity contribution in [2.24, 2.45) is 0 Å². The van der Waals surface area contributed by atoms with Gasteiger partial charge in [0.05, 0.1) is 5.69 Å². The number of carbonyl (C=O) groups is 1. The number of rotatable bonds is 11. The highest BCUT2D eigenvalue weighted by molar-refractivity contribution is 5.67. The van der Waals surface area contributed by atoms with Crippen molar-refractivity contribution in [3.05, 3.63) is 66.0 Å². The number of alkyl carbamates (subject to hydrolysis) is 1. The van der Waals surface area contributed by atoms with Gasteiger partial charge in [0.15, 0.2) is 0 Å². The molecule has 0 atom stereocenters. The van der Waals surface area contributed by atoms with E-state index in [0.29, 0.717) is 13.2 Å². The minimum atomic E-state index is -0.346. The molecule has 0 aliphatic rings. The molecule has 0 aliphatic heterocycles. The SMILES string of the molecule is O=C(NCCCCCCNCc1ccccn1)OCc1ccccc1. The minimum Gasteiger partial charge on any atom is -0.445 e. The average Bonchev–Trinajstić information content (AvgIpc) is 2.66. The second kappa shape index (κ2) is 12.0. The van der Waals surface area contributed by atoms with E-state index >= 15 is 0 Å². The first-order valence-electron chi connectivity index (χ1n) is 8.90. The molecule has 5 heteroatoms. The summed E-state index contributed by atoms with van der Waals surface area (Å²) in [6, 6.07) is 15.6. The van der Waals surface area contributed by atoms with Crippen LogP contribution >= 0.6 is 0 Å². The number of amides is 1. The Hall–Kier alpha value is -2.40. The number of ether oxygens (including phenoxy) is 1. The number of unbranched alkanes of at least 4 members (excludes halogenated alkanes) is 3. The molecule has 0 saturated heterocycles. The third kappa shape index (κ3) is 8.86. The van der Waals surface area contributed by atoms with Gasteiger partial charge in [-0.15, -0.1) is 0 Å². The Morgan fingerprint density at radius 1 is 0.920 bits per heavy atom. The van der Waals surface area contributed by atoms with Crippen molar-refractivity contribution in [3.8, 4) is 0 Å². The Labute approximate surface area is 149 Å². The molecule has 2 N–H and O–H groups in total. The van der Waals surface area contributed by atoms with Gasteiger partial charge < -0.3 is 15.4 Å². The van der Waals surface area contributed by atoms with E-state index in [1.165, 1.54) is 0 Å². The van der Waals surface area contributed by atoms with Crippen LogP contribution in [0.25, 0.3) is 0 Å². The number of hydrogen-bond donors (Lipinski definition) is 2. The summed E-state index contributed by atoms with van der Waals surface area (Å²) < 4.78 is 5.16. The molecule has 2 aromatic rings. The maximum Gasteiger partial charge on any atom is 0.407 e. The third-order valence-corrected chi connectivity index (χ3v) is 3.79. The van der Waals surface area contributed by atoms with E-state index in [9.17, 15) is 4.79 Å². The van der Waals surface area contributed by atoms with Gasteiger partial charge in [-0.25, -0.2) is 4.79 Å². The van der Waals surface area contributed by atoms with Crippen molar-refractivity contribution >= 4 is 6.09 Å². The lowest BCUT2D eigenvalue weighted by Gasteiger charge is -2.07. The molecular formula is C20H27N3O2. The van der Waals surface area contributed by atoms with E-state index in [-0.39, 0.29) is 6.09 Å². The van der Waals surface area contributed by atoms with Crippen molar-refractivity contribution in [2.75, 3.05) is 13.1 Å². The van der Waals surface area contributed by atoms with Gasteiger partial charge in [-0.05, 0) is 37.1 Å². The summed E-state index contributed by atoms with van der Waals surface area (Å²) >= 11 is 0. The highest BCUT2D eigenvalue weighted by Crippen LogP contribution is 2.01. The number of aromatic nitrogens is 1. The lowest BCUT2D eigenvalue weighted by Crippen LogP contribution is -2.25. The number of pyridine rings is 1. The van der Waals surface area contributed by atoms with Gasteiger partial charge in [-0.3, -0.25) is 4.98 Å². The number of benzene rings is 1. The first-order valence-corrected chi connectivity index (χ1v) is 8.90. The van der Waals surface area contributed by atoms with Gasteiger partial charge in [0.2, 0.25) is 0 Å². The Bertz CT molecular complexity index is 590. The van der Waals surface area contributed by atoms with E-state index in [0.717, 1.165) is 50.0 Å². The molecule has 25 heavy (non-hydrogen) atoms. The van der Waals surface area contributed by atoms with E-state index < -0.39 is 0 Å². The fraction of sp³-hybridized carbons (Fsp3) is 0.400. The molecule has 0 bridgehead atoms. The zero-order valence-electron chi connectivity index (χ0n) is 14.6. The average molecular weight is 341 g/mol. The molecule has 0 radical (unpaired) electrons. The van der Waals surface area contributed by atoms with Crippen LogP contribution in [-0.4, -0.2) is 24.2 Å². The maximum atomic E-state index is 11.6. The first kappa shape index (κ1) is 18.9. The molecule has 5 nitrogen and oxygen atoms in total. The molecule has 0 fully saturated rings. The second-order valence-corrected chi connectivity index (χ2v) is 5.90. The Balaban J connectivity index is 1.38. The van der Waals surface area contributed by atoms with Gasteiger partial charge in [0.25, 0.3) is 0 Å². The molecule has 2 rings (SSSR count). The Morgan fingerprint density at radius 3 is 2.44 bits per heavy atom. The lowest BCUT2D eigenvalue weighted by atomic mass is 10.2. The van der Waals surface area contributed by atoms with Gasteiger partial charge in [0.1, 0.15) is 6.61 Å². The fourth-order valence-corrected chi connectivity index (χ4v) is 2.41. The summed E-state index contributed by atoms with van der Waals surface area (Å²) in [5.41, 5.74) is 2.07. The summed E-state index contributed by atoms with van der Waals surface area (Å²) in [5, 5.41) is 6.18. The summed E-state index contributed by atoms with van der Waals surface area (Å²) in [4.78, 5) is 15.8. The van der Waals surface area contributed by atoms with E-state index in [1.54, 1.807) is 0 Å². The molecule has 0 aliphatic carbocycles. The molecule has 1 heterocycles. The largest absolute Gasteiger partial charge is 0.445 e. The number of carbonyl (C=O) groups excluding carboxylic acids is 1. The van der Waals surface area contributed by atoms with Crippen LogP contribution in [0.3, 0.4) is 0 Å². The number of nitrogens with one attached hydrogen (secondary N) is 2. The number of hydrogen-bond acceptors (Lipinski definition) is 4. The van der Waals surface area contributed by atoms with Crippen LogP contribution in [0.2, 0.25) is 0 Å². The topological polar surface area (TPSA) is 63.2 Å². The molecule has 0 unspecified atom stereocenters. The van der Waals surface area contributed by atoms with E-state index in [1.807, 2.05) is 54.7 Å². The quantitative estimate of drug-likeness (QED) is 0.612. The van der Waals surface area contributed by atoms with Crippen molar-refractivity contribution in [1.29, 1.82) is 0 Å². The Kier molecular flexibility index (Phi) is 9.11. The minimum absolute atomic E-state index is 0.314. The molecule has 134 valence electrons. The molecule has 1 aromatic carbocycles. The zero-order valence-corrected chi connectivity index (χ0v) is 14.6. The Morgan fingerprint density at radius 2 is 1.68 bits per heavy atom. The number of nitrogens with zero attached hydrogens (tertiary/aromatic N) is 1. The van der Waals surface area contributed by atoms with Crippen LogP contribution in [0.1, 0.15) is 36.9 Å². The maximum absolute atomic E-state index is 11.6. The van der Waals surface area contributed by atoms with Gasteiger partial charge >= 0.3 is 6.09 Å². The van der Waals surface area contributed by atoms with E-state index in [2.05, 4.69) is 15.6 Å². The third-order valence-electron chi connectivity index (χ3n) is 3.79. The highest BCUT2D eigenvalue weighted by atomic mass is 16.5. The van der Waals surface area contributed by atoms with Crippen molar-refractivity contribution < 1.29 is 9.53 Å². The fourth-order valence-electron chi connectivity index (χ4n) is 2.41. The van der Waals surface area contributed by atoms with Gasteiger partial charge in [-0.2, -0.15) is 0 Å². The van der Waals surface area contributed by atoms with Gasteiger partial charge in [-0.1, -0.05) is 49.2 Å². The van der Waals surface area contributed by atoms with Crippen molar-refractivity contribution in [3.63, 3.8) is 0 Å². The molecule has 0 spiro atoms. The van der Waals surface area contributed by atoms with Crippen LogP contribution in [0.5, 0.6) is 0 Å². The highest BCUT2D eigenvalue weighted by Gasteiger charge is 2.01. The molecule has 1 aromatic heterocycles. The second-order valence-electron chi connectivity index (χ2n) is 5.90. The first-order chi connectivity index (χ1) is 12.3. The van der Waals surface area contributed by atoms with Crippen molar-refractivity contribution in [2.45, 2.75) is 38.8 Å². The summed E-state index contributed by atoms with van der Waals surface area (Å²) in [6.45, 7) is 2.78. The predicted molar refractivity (Wildman–Crippen MR) is 99.0 cm³/mol. The normalized spacial score (nSPS) is 10.4. The van der Waals surface area contributed by atoms with Crippen LogP contribution < -0.4 is 10.6 Å². The lowest BCUT2D eigenvalue weighted by molar-refractivity contribution is 0.139. The molecule has 1 amide bonds. The summed E-state index contributed by atoms with van der Waals surface area (Å²) in [7, 11) is 0. The monoisotopic (exact) mass is 341 g/mol. The summed E-state index contributed by atoms with van der Waals surface area (Å²) in [5.74, 6) is 0. The zero-order chi connectivity index (χ0) is 17.6. The molecular weight excluding hydrogens is 314 g/mol. The van der Waals surface area contributed by atoms with E-state index in [4.69, 9.17) is 4.74 Å². The van der Waals surface area contributed by atoms with Crippen LogP contribution in [-0.2, 0) is 17.9 Å². The van der Waals surface area contributed by atoms with Crippen LogP contribution in [0.4, 0.5) is 4.79 Å². The summed E-state index contributed by atoms with van der Waals surface area (Å²) in [6.07, 6.45) is 5.82.